The lowest BCUT2D eigenvalue weighted by Gasteiger charge is -2.33. The van der Waals surface area contributed by atoms with Crippen molar-refractivity contribution in [1.82, 2.24) is 4.90 Å². The molecule has 0 spiro atoms. The first-order valence-electron chi connectivity index (χ1n) is 7.19. The molecule has 1 aromatic rings. The van der Waals surface area contributed by atoms with Gasteiger partial charge in [-0.1, -0.05) is 26.0 Å². The van der Waals surface area contributed by atoms with Gasteiger partial charge in [-0.25, -0.2) is 0 Å². The zero-order valence-electron chi connectivity index (χ0n) is 12.8. The third-order valence-electron chi connectivity index (χ3n) is 3.38. The van der Waals surface area contributed by atoms with E-state index in [-0.39, 0.29) is 5.54 Å². The average Bonchev–Trinajstić information content (AvgIpc) is 2.39. The monoisotopic (exact) mass is 264 g/mol. The van der Waals surface area contributed by atoms with Crippen LogP contribution in [-0.2, 0) is 5.54 Å². The van der Waals surface area contributed by atoms with Crippen LogP contribution in [0.15, 0.2) is 24.3 Å². The van der Waals surface area contributed by atoms with Gasteiger partial charge in [0, 0.05) is 6.54 Å². The lowest BCUT2D eigenvalue weighted by molar-refractivity contribution is 0.217. The van der Waals surface area contributed by atoms with Gasteiger partial charge < -0.3 is 15.4 Å². The van der Waals surface area contributed by atoms with Gasteiger partial charge in [-0.2, -0.15) is 0 Å². The van der Waals surface area contributed by atoms with Gasteiger partial charge in [-0.3, -0.25) is 0 Å². The van der Waals surface area contributed by atoms with E-state index in [9.17, 15) is 0 Å². The first-order chi connectivity index (χ1) is 9.03. The van der Waals surface area contributed by atoms with Crippen LogP contribution in [0, 0.1) is 0 Å². The molecule has 0 aromatic heterocycles. The maximum atomic E-state index is 6.51. The average molecular weight is 264 g/mol. The second-order valence-electron chi connectivity index (χ2n) is 5.42. The maximum Gasteiger partial charge on any atom is 0.118 e. The molecule has 0 aliphatic carbocycles. The molecule has 1 rings (SSSR count). The van der Waals surface area contributed by atoms with E-state index in [1.807, 2.05) is 12.1 Å². The Morgan fingerprint density at radius 3 is 2.05 bits per heavy atom. The van der Waals surface area contributed by atoms with Crippen molar-refractivity contribution in [3.05, 3.63) is 29.8 Å². The van der Waals surface area contributed by atoms with Crippen LogP contribution in [0.4, 0.5) is 0 Å². The van der Waals surface area contributed by atoms with Crippen molar-refractivity contribution < 1.29 is 4.74 Å². The molecule has 108 valence electrons. The van der Waals surface area contributed by atoms with Gasteiger partial charge in [-0.15, -0.1) is 0 Å². The molecular weight excluding hydrogens is 236 g/mol. The summed E-state index contributed by atoms with van der Waals surface area (Å²) in [7, 11) is 1.68. The Balaban J connectivity index is 2.76. The fraction of sp³-hybridized carbons (Fsp3) is 0.625. The van der Waals surface area contributed by atoms with Gasteiger partial charge in [-0.05, 0) is 50.6 Å². The second-order valence-corrected chi connectivity index (χ2v) is 5.42. The number of benzene rings is 1. The summed E-state index contributed by atoms with van der Waals surface area (Å²) in [5, 5.41) is 0. The van der Waals surface area contributed by atoms with Gasteiger partial charge in [0.25, 0.3) is 0 Å². The summed E-state index contributed by atoms with van der Waals surface area (Å²) in [5.41, 5.74) is 7.34. The number of rotatable bonds is 8. The molecule has 19 heavy (non-hydrogen) atoms. The molecule has 3 heteroatoms. The fourth-order valence-electron chi connectivity index (χ4n) is 2.43. The van der Waals surface area contributed by atoms with Gasteiger partial charge in [0.15, 0.2) is 0 Å². The van der Waals surface area contributed by atoms with Crippen LogP contribution in [0.1, 0.15) is 39.2 Å². The molecule has 0 saturated carbocycles. The minimum atomic E-state index is -0.323. The van der Waals surface area contributed by atoms with Crippen molar-refractivity contribution in [2.75, 3.05) is 26.7 Å². The summed E-state index contributed by atoms with van der Waals surface area (Å²) in [5.74, 6) is 0.874. The molecule has 0 saturated heterocycles. The smallest absolute Gasteiger partial charge is 0.118 e. The molecular formula is C16H28N2O. The predicted octanol–water partition coefficient (Wildman–Crippen LogP) is 2.99. The standard InChI is InChI=1S/C16H28N2O/c1-5-11-18(12-6-2)13-16(3,17)14-7-9-15(19-4)10-8-14/h7-10H,5-6,11-13,17H2,1-4H3. The van der Waals surface area contributed by atoms with Gasteiger partial charge in [0.1, 0.15) is 5.75 Å². The Morgan fingerprint density at radius 1 is 1.11 bits per heavy atom. The topological polar surface area (TPSA) is 38.5 Å². The Kier molecular flexibility index (Phi) is 6.32. The minimum absolute atomic E-state index is 0.323. The van der Waals surface area contributed by atoms with E-state index >= 15 is 0 Å². The Morgan fingerprint density at radius 2 is 1.63 bits per heavy atom. The van der Waals surface area contributed by atoms with E-state index < -0.39 is 0 Å². The van der Waals surface area contributed by atoms with Gasteiger partial charge >= 0.3 is 0 Å². The van der Waals surface area contributed by atoms with E-state index in [1.54, 1.807) is 7.11 Å². The quantitative estimate of drug-likeness (QED) is 0.784. The molecule has 1 aromatic carbocycles. The summed E-state index contributed by atoms with van der Waals surface area (Å²) in [6.45, 7) is 9.63. The molecule has 0 bridgehead atoms. The summed E-state index contributed by atoms with van der Waals surface area (Å²) >= 11 is 0. The van der Waals surface area contributed by atoms with E-state index in [2.05, 4.69) is 37.8 Å². The number of ether oxygens (including phenoxy) is 1. The summed E-state index contributed by atoms with van der Waals surface area (Å²) < 4.78 is 5.19. The summed E-state index contributed by atoms with van der Waals surface area (Å²) in [6, 6.07) is 8.08. The molecule has 0 amide bonds. The van der Waals surface area contributed by atoms with E-state index in [0.717, 1.165) is 30.9 Å². The second kappa shape index (κ2) is 7.51. The van der Waals surface area contributed by atoms with Crippen molar-refractivity contribution in [3.63, 3.8) is 0 Å². The molecule has 0 radical (unpaired) electrons. The summed E-state index contributed by atoms with van der Waals surface area (Å²) in [4.78, 5) is 2.45. The van der Waals surface area contributed by atoms with Crippen molar-refractivity contribution in [1.29, 1.82) is 0 Å². The van der Waals surface area contributed by atoms with Crippen molar-refractivity contribution in [2.24, 2.45) is 5.73 Å². The van der Waals surface area contributed by atoms with Crippen LogP contribution < -0.4 is 10.5 Å². The molecule has 0 aliphatic rings. The highest BCUT2D eigenvalue weighted by Crippen LogP contribution is 2.22. The molecule has 1 atom stereocenters. The molecule has 2 N–H and O–H groups in total. The molecule has 0 fully saturated rings. The third-order valence-corrected chi connectivity index (χ3v) is 3.38. The van der Waals surface area contributed by atoms with Crippen LogP contribution in [0.3, 0.4) is 0 Å². The number of hydrogen-bond donors (Lipinski definition) is 1. The first kappa shape index (κ1) is 16.0. The van der Waals surface area contributed by atoms with Crippen LogP contribution in [0.2, 0.25) is 0 Å². The Hall–Kier alpha value is -1.06. The molecule has 0 aliphatic heterocycles. The highest BCUT2D eigenvalue weighted by molar-refractivity contribution is 5.31. The fourth-order valence-corrected chi connectivity index (χ4v) is 2.43. The van der Waals surface area contributed by atoms with Gasteiger partial charge in [0.05, 0.1) is 12.6 Å². The van der Waals surface area contributed by atoms with Crippen LogP contribution in [0.25, 0.3) is 0 Å². The molecule has 1 unspecified atom stereocenters. The third kappa shape index (κ3) is 4.84. The molecule has 0 heterocycles. The van der Waals surface area contributed by atoms with Crippen LogP contribution >= 0.6 is 0 Å². The zero-order chi connectivity index (χ0) is 14.3. The number of hydrogen-bond acceptors (Lipinski definition) is 3. The van der Waals surface area contributed by atoms with E-state index in [4.69, 9.17) is 10.5 Å². The van der Waals surface area contributed by atoms with Crippen LogP contribution in [-0.4, -0.2) is 31.6 Å². The van der Waals surface area contributed by atoms with Crippen LogP contribution in [0.5, 0.6) is 5.75 Å². The normalized spacial score (nSPS) is 14.4. The largest absolute Gasteiger partial charge is 0.497 e. The SMILES string of the molecule is CCCN(CCC)CC(C)(N)c1ccc(OC)cc1. The highest BCUT2D eigenvalue weighted by atomic mass is 16.5. The number of nitrogens with two attached hydrogens (primary N) is 1. The first-order valence-corrected chi connectivity index (χ1v) is 7.19. The number of methoxy groups -OCH3 is 1. The zero-order valence-corrected chi connectivity index (χ0v) is 12.8. The lowest BCUT2D eigenvalue weighted by Crippen LogP contribution is -2.45. The highest BCUT2D eigenvalue weighted by Gasteiger charge is 2.24. The Labute approximate surface area is 117 Å². The minimum Gasteiger partial charge on any atom is -0.497 e. The van der Waals surface area contributed by atoms with Crippen molar-refractivity contribution in [3.8, 4) is 5.75 Å². The van der Waals surface area contributed by atoms with Crippen molar-refractivity contribution >= 4 is 0 Å². The molecule has 3 nitrogen and oxygen atoms in total. The van der Waals surface area contributed by atoms with E-state index in [1.165, 1.54) is 12.8 Å². The Bertz CT molecular complexity index is 354. The number of nitrogens with zero attached hydrogens (tertiary/aromatic N) is 1. The van der Waals surface area contributed by atoms with Gasteiger partial charge in [0.2, 0.25) is 0 Å². The van der Waals surface area contributed by atoms with E-state index in [0.29, 0.717) is 0 Å². The maximum absolute atomic E-state index is 6.51. The predicted molar refractivity (Wildman–Crippen MR) is 81.6 cm³/mol. The summed E-state index contributed by atoms with van der Waals surface area (Å²) in [6.07, 6.45) is 2.33. The lowest BCUT2D eigenvalue weighted by atomic mass is 9.92. The van der Waals surface area contributed by atoms with Crippen molar-refractivity contribution in [2.45, 2.75) is 39.2 Å².